The standard InChI is InChI=1S/C22H17NO4/c1-2-27-22(26)18-13-23-12-15(11-14-7-4-3-5-8-14)20(24)16-9-6-10-17(19(16)23)21(18)25/h3-11,13H,2,12H2,1H3/b15-11+. The lowest BCUT2D eigenvalue weighted by molar-refractivity contribution is 0.0524. The number of carbonyl (C=O) groups excluding carboxylic acids is 2. The minimum atomic E-state index is -0.649. The van der Waals surface area contributed by atoms with E-state index in [2.05, 4.69) is 0 Å². The lowest BCUT2D eigenvalue weighted by atomic mass is 9.94. The molecule has 4 rings (SSSR count). The highest BCUT2D eigenvalue weighted by atomic mass is 16.5. The van der Waals surface area contributed by atoms with Crippen LogP contribution in [0.5, 0.6) is 0 Å². The fourth-order valence-electron chi connectivity index (χ4n) is 3.41. The number of aromatic nitrogens is 1. The number of allylic oxidation sites excluding steroid dienone is 1. The van der Waals surface area contributed by atoms with Gasteiger partial charge < -0.3 is 9.30 Å². The predicted molar refractivity (Wildman–Crippen MR) is 103 cm³/mol. The van der Waals surface area contributed by atoms with E-state index in [1.54, 1.807) is 29.7 Å². The molecule has 3 aromatic rings. The Morgan fingerprint density at radius 3 is 2.63 bits per heavy atom. The third kappa shape index (κ3) is 2.87. The van der Waals surface area contributed by atoms with Crippen LogP contribution < -0.4 is 5.43 Å². The molecule has 0 radical (unpaired) electrons. The van der Waals surface area contributed by atoms with Crippen LogP contribution in [0, 0.1) is 0 Å². The van der Waals surface area contributed by atoms with Crippen LogP contribution in [-0.4, -0.2) is 22.9 Å². The summed E-state index contributed by atoms with van der Waals surface area (Å²) in [7, 11) is 0. The van der Waals surface area contributed by atoms with Crippen molar-refractivity contribution in [1.29, 1.82) is 0 Å². The van der Waals surface area contributed by atoms with Crippen LogP contribution >= 0.6 is 0 Å². The molecule has 5 heteroatoms. The summed E-state index contributed by atoms with van der Waals surface area (Å²) >= 11 is 0. The topological polar surface area (TPSA) is 65.4 Å². The first-order valence-electron chi connectivity index (χ1n) is 8.73. The maximum atomic E-state index is 13.0. The number of esters is 1. The van der Waals surface area contributed by atoms with Gasteiger partial charge in [0, 0.05) is 22.7 Å². The molecule has 0 amide bonds. The lowest BCUT2D eigenvalue weighted by Gasteiger charge is -2.22. The van der Waals surface area contributed by atoms with Gasteiger partial charge in [0.1, 0.15) is 5.56 Å². The average Bonchev–Trinajstić information content (AvgIpc) is 2.68. The van der Waals surface area contributed by atoms with Crippen LogP contribution in [0.25, 0.3) is 17.0 Å². The third-order valence-corrected chi connectivity index (χ3v) is 4.61. The molecule has 0 bridgehead atoms. The second kappa shape index (κ2) is 6.68. The van der Waals surface area contributed by atoms with Gasteiger partial charge in [0.05, 0.1) is 18.7 Å². The van der Waals surface area contributed by atoms with Gasteiger partial charge in [0.2, 0.25) is 5.43 Å². The predicted octanol–water partition coefficient (Wildman–Crippen LogP) is 3.46. The second-order valence-electron chi connectivity index (χ2n) is 6.33. The number of ether oxygens (including phenoxy) is 1. The Bertz CT molecular complexity index is 1160. The van der Waals surface area contributed by atoms with Crippen LogP contribution in [0.2, 0.25) is 0 Å². The zero-order valence-corrected chi connectivity index (χ0v) is 14.8. The van der Waals surface area contributed by atoms with Crippen molar-refractivity contribution in [3.05, 3.63) is 87.2 Å². The molecule has 27 heavy (non-hydrogen) atoms. The molecule has 0 unspecified atom stereocenters. The summed E-state index contributed by atoms with van der Waals surface area (Å²) in [5.74, 6) is -0.753. The van der Waals surface area contributed by atoms with Gasteiger partial charge >= 0.3 is 5.97 Å². The van der Waals surface area contributed by atoms with E-state index >= 15 is 0 Å². The number of rotatable bonds is 3. The molecule has 0 aliphatic carbocycles. The number of hydrogen-bond acceptors (Lipinski definition) is 4. The van der Waals surface area contributed by atoms with Crippen molar-refractivity contribution in [1.82, 2.24) is 4.57 Å². The summed E-state index contributed by atoms with van der Waals surface area (Å²) in [6.07, 6.45) is 3.34. The quantitative estimate of drug-likeness (QED) is 0.531. The Morgan fingerprint density at radius 1 is 1.11 bits per heavy atom. The van der Waals surface area contributed by atoms with Crippen LogP contribution in [0.15, 0.2) is 65.1 Å². The smallest absolute Gasteiger partial charge is 0.343 e. The van der Waals surface area contributed by atoms with Crippen LogP contribution in [0.4, 0.5) is 0 Å². The van der Waals surface area contributed by atoms with Crippen molar-refractivity contribution in [3.8, 4) is 0 Å². The van der Waals surface area contributed by atoms with Gasteiger partial charge in [0.25, 0.3) is 0 Å². The van der Waals surface area contributed by atoms with Gasteiger partial charge in [-0.3, -0.25) is 9.59 Å². The maximum Gasteiger partial charge on any atom is 0.343 e. The van der Waals surface area contributed by atoms with Crippen LogP contribution in [0.1, 0.15) is 33.2 Å². The average molecular weight is 359 g/mol. The van der Waals surface area contributed by atoms with Gasteiger partial charge in [-0.15, -0.1) is 0 Å². The van der Waals surface area contributed by atoms with Gasteiger partial charge in [-0.2, -0.15) is 0 Å². The Hall–Kier alpha value is -3.47. The molecular formula is C22H17NO4. The van der Waals surface area contributed by atoms with Gasteiger partial charge in [-0.25, -0.2) is 4.79 Å². The van der Waals surface area contributed by atoms with Crippen molar-refractivity contribution in [3.63, 3.8) is 0 Å². The lowest BCUT2D eigenvalue weighted by Crippen LogP contribution is -2.26. The van der Waals surface area contributed by atoms with Gasteiger partial charge in [0.15, 0.2) is 5.78 Å². The van der Waals surface area contributed by atoms with E-state index in [9.17, 15) is 14.4 Å². The number of para-hydroxylation sites is 1. The summed E-state index contributed by atoms with van der Waals surface area (Å²) in [5.41, 5.74) is 2.11. The minimum absolute atomic E-state index is 0.0186. The highest BCUT2D eigenvalue weighted by Gasteiger charge is 2.26. The molecular weight excluding hydrogens is 342 g/mol. The fraction of sp³-hybridized carbons (Fsp3) is 0.136. The molecule has 2 aromatic carbocycles. The van der Waals surface area contributed by atoms with Crippen molar-refractivity contribution >= 4 is 28.7 Å². The van der Waals surface area contributed by atoms with Gasteiger partial charge in [-0.1, -0.05) is 36.4 Å². The van der Waals surface area contributed by atoms with Crippen molar-refractivity contribution in [2.75, 3.05) is 6.61 Å². The molecule has 0 saturated heterocycles. The summed E-state index contributed by atoms with van der Waals surface area (Å²) < 4.78 is 6.80. The minimum Gasteiger partial charge on any atom is -0.462 e. The normalized spacial score (nSPS) is 14.6. The summed E-state index contributed by atoms with van der Waals surface area (Å²) in [5, 5.41) is 0.352. The van der Waals surface area contributed by atoms with Crippen LogP contribution in [0.3, 0.4) is 0 Å². The molecule has 5 nitrogen and oxygen atoms in total. The number of ketones is 1. The number of carbonyl (C=O) groups is 2. The van der Waals surface area contributed by atoms with Crippen molar-refractivity contribution < 1.29 is 14.3 Å². The molecule has 0 atom stereocenters. The summed E-state index contributed by atoms with van der Waals surface area (Å²) in [6.45, 7) is 2.17. The molecule has 1 aliphatic heterocycles. The molecule has 0 saturated carbocycles. The monoisotopic (exact) mass is 359 g/mol. The fourth-order valence-corrected chi connectivity index (χ4v) is 3.41. The highest BCUT2D eigenvalue weighted by Crippen LogP contribution is 2.27. The molecule has 0 spiro atoms. The first-order chi connectivity index (χ1) is 13.1. The second-order valence-corrected chi connectivity index (χ2v) is 6.33. The highest BCUT2D eigenvalue weighted by molar-refractivity contribution is 6.19. The number of pyridine rings is 1. The Kier molecular flexibility index (Phi) is 4.20. The molecule has 2 heterocycles. The Balaban J connectivity index is 1.92. The molecule has 1 aliphatic rings. The number of Topliss-reactive ketones (excluding diaryl/α,β-unsaturated/α-hetero) is 1. The number of hydrogen-bond donors (Lipinski definition) is 0. The Morgan fingerprint density at radius 2 is 1.89 bits per heavy atom. The maximum absolute atomic E-state index is 13.0. The summed E-state index contributed by atoms with van der Waals surface area (Å²) in [4.78, 5) is 37.9. The summed E-state index contributed by atoms with van der Waals surface area (Å²) in [6, 6.07) is 14.6. The van der Waals surface area contributed by atoms with E-state index in [1.807, 2.05) is 36.4 Å². The van der Waals surface area contributed by atoms with Crippen molar-refractivity contribution in [2.24, 2.45) is 0 Å². The first-order valence-corrected chi connectivity index (χ1v) is 8.73. The van der Waals surface area contributed by atoms with E-state index in [1.165, 1.54) is 6.20 Å². The zero-order chi connectivity index (χ0) is 19.0. The largest absolute Gasteiger partial charge is 0.462 e. The molecule has 0 N–H and O–H groups in total. The zero-order valence-electron chi connectivity index (χ0n) is 14.8. The van der Waals surface area contributed by atoms with E-state index < -0.39 is 11.4 Å². The van der Waals surface area contributed by atoms with Crippen LogP contribution in [-0.2, 0) is 11.3 Å². The van der Waals surface area contributed by atoms with E-state index in [0.717, 1.165) is 5.56 Å². The third-order valence-electron chi connectivity index (χ3n) is 4.61. The molecule has 1 aromatic heterocycles. The molecule has 0 fully saturated rings. The van der Waals surface area contributed by atoms with E-state index in [-0.39, 0.29) is 24.5 Å². The van der Waals surface area contributed by atoms with E-state index in [4.69, 9.17) is 4.74 Å². The first kappa shape index (κ1) is 17.0. The van der Waals surface area contributed by atoms with E-state index in [0.29, 0.717) is 22.0 Å². The Labute approximate surface area is 155 Å². The number of nitrogens with zero attached hydrogens (tertiary/aromatic N) is 1. The molecule has 134 valence electrons. The SMILES string of the molecule is CCOC(=O)c1cn2c3c(cccc3c1=O)C(=O)/C(=C/c1ccccc1)C2. The van der Waals surface area contributed by atoms with Gasteiger partial charge in [-0.05, 0) is 30.7 Å². The number of benzene rings is 2. The van der Waals surface area contributed by atoms with Crippen molar-refractivity contribution in [2.45, 2.75) is 13.5 Å².